The zero-order chi connectivity index (χ0) is 16.0. The van der Waals surface area contributed by atoms with Crippen LogP contribution in [0.25, 0.3) is 0 Å². The smallest absolute Gasteiger partial charge is 0.0108 e. The van der Waals surface area contributed by atoms with Gasteiger partial charge in [-0.2, -0.15) is 0 Å². The molecule has 1 saturated carbocycles. The summed E-state index contributed by atoms with van der Waals surface area (Å²) in [4.78, 5) is 2.60. The quantitative estimate of drug-likeness (QED) is 0.714. The molecular weight excluding hydrogens is 256 g/mol. The van der Waals surface area contributed by atoms with Crippen LogP contribution in [0.3, 0.4) is 0 Å². The van der Waals surface area contributed by atoms with Crippen molar-refractivity contribution in [1.82, 2.24) is 10.2 Å². The van der Waals surface area contributed by atoms with E-state index in [0.29, 0.717) is 6.04 Å². The molecule has 1 aliphatic carbocycles. The molecule has 0 radical (unpaired) electrons. The predicted octanol–water partition coefficient (Wildman–Crippen LogP) is 4.40. The summed E-state index contributed by atoms with van der Waals surface area (Å²) >= 11 is 0. The van der Waals surface area contributed by atoms with Gasteiger partial charge in [0.1, 0.15) is 0 Å². The molecule has 126 valence electrons. The van der Waals surface area contributed by atoms with Crippen molar-refractivity contribution in [2.24, 2.45) is 23.7 Å². The van der Waals surface area contributed by atoms with Crippen LogP contribution in [0.1, 0.15) is 67.2 Å². The highest BCUT2D eigenvalue weighted by Gasteiger charge is 2.32. The Hall–Kier alpha value is -0.0800. The molecule has 21 heavy (non-hydrogen) atoms. The van der Waals surface area contributed by atoms with E-state index < -0.39 is 0 Å². The maximum Gasteiger partial charge on any atom is 0.0108 e. The van der Waals surface area contributed by atoms with Gasteiger partial charge in [0, 0.05) is 18.6 Å². The fraction of sp³-hybridized carbons (Fsp3) is 1.00. The van der Waals surface area contributed by atoms with Gasteiger partial charge in [-0.1, -0.05) is 34.6 Å². The second-order valence-electron chi connectivity index (χ2n) is 8.06. The highest BCUT2D eigenvalue weighted by Crippen LogP contribution is 2.34. The Kier molecular flexibility index (Phi) is 8.26. The Bertz CT molecular complexity index is 275. The highest BCUT2D eigenvalue weighted by atomic mass is 15.1. The van der Waals surface area contributed by atoms with Crippen LogP contribution in [-0.2, 0) is 0 Å². The molecular formula is C19H40N2. The Labute approximate surface area is 134 Å². The molecule has 1 fully saturated rings. The number of rotatable bonds is 8. The largest absolute Gasteiger partial charge is 0.314 e. The second-order valence-corrected chi connectivity index (χ2v) is 8.06. The standard InChI is InChI=1S/C19H40N2/c1-8-11-20-19-10-9-17(15(4)5)12-18(19)13-21(7)16(6)14(2)3/h14-20H,8-13H2,1-7H3. The average Bonchev–Trinajstić information content (AvgIpc) is 2.44. The minimum absolute atomic E-state index is 0.677. The van der Waals surface area contributed by atoms with Crippen LogP contribution in [0.2, 0.25) is 0 Å². The van der Waals surface area contributed by atoms with E-state index in [1.807, 2.05) is 0 Å². The summed E-state index contributed by atoms with van der Waals surface area (Å²) in [5, 5.41) is 3.83. The lowest BCUT2D eigenvalue weighted by atomic mass is 9.73. The zero-order valence-corrected chi connectivity index (χ0v) is 15.7. The molecule has 0 aromatic carbocycles. The van der Waals surface area contributed by atoms with Crippen LogP contribution < -0.4 is 5.32 Å². The molecule has 2 heteroatoms. The molecule has 1 aliphatic rings. The first kappa shape index (κ1) is 19.0. The normalized spacial score (nSPS) is 28.6. The van der Waals surface area contributed by atoms with Crippen LogP contribution in [-0.4, -0.2) is 37.1 Å². The maximum absolute atomic E-state index is 3.83. The fourth-order valence-corrected chi connectivity index (χ4v) is 3.75. The maximum atomic E-state index is 3.83. The van der Waals surface area contributed by atoms with Crippen molar-refractivity contribution in [3.8, 4) is 0 Å². The van der Waals surface area contributed by atoms with Crippen LogP contribution in [0.15, 0.2) is 0 Å². The van der Waals surface area contributed by atoms with Crippen molar-refractivity contribution in [2.45, 2.75) is 79.3 Å². The van der Waals surface area contributed by atoms with Gasteiger partial charge in [0.25, 0.3) is 0 Å². The Morgan fingerprint density at radius 1 is 1.10 bits per heavy atom. The van der Waals surface area contributed by atoms with Crippen molar-refractivity contribution < 1.29 is 0 Å². The summed E-state index contributed by atoms with van der Waals surface area (Å²) in [7, 11) is 2.32. The van der Waals surface area contributed by atoms with Crippen molar-refractivity contribution in [1.29, 1.82) is 0 Å². The van der Waals surface area contributed by atoms with Gasteiger partial charge in [0.2, 0.25) is 0 Å². The van der Waals surface area contributed by atoms with Gasteiger partial charge in [0.05, 0.1) is 0 Å². The zero-order valence-electron chi connectivity index (χ0n) is 15.7. The van der Waals surface area contributed by atoms with E-state index in [2.05, 4.69) is 58.8 Å². The van der Waals surface area contributed by atoms with Crippen molar-refractivity contribution in [2.75, 3.05) is 20.1 Å². The Morgan fingerprint density at radius 2 is 1.76 bits per heavy atom. The molecule has 0 aromatic rings. The minimum atomic E-state index is 0.677. The van der Waals surface area contributed by atoms with Gasteiger partial charge in [-0.05, 0) is 69.9 Å². The van der Waals surface area contributed by atoms with E-state index in [4.69, 9.17) is 0 Å². The average molecular weight is 297 g/mol. The van der Waals surface area contributed by atoms with Crippen LogP contribution in [0.4, 0.5) is 0 Å². The second kappa shape index (κ2) is 9.15. The third kappa shape index (κ3) is 5.90. The summed E-state index contributed by atoms with van der Waals surface area (Å²) in [6, 6.07) is 1.41. The van der Waals surface area contributed by atoms with E-state index >= 15 is 0 Å². The number of nitrogens with one attached hydrogen (secondary N) is 1. The predicted molar refractivity (Wildman–Crippen MR) is 94.7 cm³/mol. The summed E-state index contributed by atoms with van der Waals surface area (Å²) < 4.78 is 0. The van der Waals surface area contributed by atoms with Gasteiger partial charge in [-0.25, -0.2) is 0 Å². The summed E-state index contributed by atoms with van der Waals surface area (Å²) in [5.41, 5.74) is 0. The lowest BCUT2D eigenvalue weighted by Crippen LogP contribution is -2.48. The first-order valence-electron chi connectivity index (χ1n) is 9.30. The van der Waals surface area contributed by atoms with E-state index in [0.717, 1.165) is 29.7 Å². The molecule has 1 rings (SSSR count). The SMILES string of the molecule is CCCNC1CCC(C(C)C)CC1CN(C)C(C)C(C)C. The van der Waals surface area contributed by atoms with Crippen molar-refractivity contribution in [3.05, 3.63) is 0 Å². The fourth-order valence-electron chi connectivity index (χ4n) is 3.75. The van der Waals surface area contributed by atoms with E-state index in [-0.39, 0.29) is 0 Å². The van der Waals surface area contributed by atoms with E-state index in [9.17, 15) is 0 Å². The molecule has 1 N–H and O–H groups in total. The third-order valence-electron chi connectivity index (χ3n) is 5.80. The molecule has 0 spiro atoms. The van der Waals surface area contributed by atoms with Crippen LogP contribution in [0.5, 0.6) is 0 Å². The van der Waals surface area contributed by atoms with Crippen molar-refractivity contribution in [3.63, 3.8) is 0 Å². The van der Waals surface area contributed by atoms with Gasteiger partial charge in [0.15, 0.2) is 0 Å². The lowest BCUT2D eigenvalue weighted by molar-refractivity contribution is 0.105. The van der Waals surface area contributed by atoms with Gasteiger partial charge in [-0.3, -0.25) is 0 Å². The molecule has 2 nitrogen and oxygen atoms in total. The van der Waals surface area contributed by atoms with E-state index in [1.165, 1.54) is 38.8 Å². The number of hydrogen-bond donors (Lipinski definition) is 1. The molecule has 0 aliphatic heterocycles. The van der Waals surface area contributed by atoms with Gasteiger partial charge < -0.3 is 10.2 Å². The van der Waals surface area contributed by atoms with Crippen LogP contribution >= 0.6 is 0 Å². The molecule has 0 heterocycles. The first-order chi connectivity index (χ1) is 9.86. The molecule has 0 bridgehead atoms. The topological polar surface area (TPSA) is 15.3 Å². The van der Waals surface area contributed by atoms with Crippen molar-refractivity contribution >= 4 is 0 Å². The molecule has 0 amide bonds. The first-order valence-corrected chi connectivity index (χ1v) is 9.30. The summed E-state index contributed by atoms with van der Waals surface area (Å²) in [6.45, 7) is 16.6. The Morgan fingerprint density at radius 3 is 2.29 bits per heavy atom. The number of nitrogens with zero attached hydrogens (tertiary/aromatic N) is 1. The Balaban J connectivity index is 2.64. The lowest BCUT2D eigenvalue weighted by Gasteiger charge is -2.41. The molecule has 0 saturated heterocycles. The van der Waals surface area contributed by atoms with E-state index in [1.54, 1.807) is 0 Å². The van der Waals surface area contributed by atoms with Crippen LogP contribution in [0, 0.1) is 23.7 Å². The van der Waals surface area contributed by atoms with Gasteiger partial charge in [-0.15, -0.1) is 0 Å². The number of hydrogen-bond acceptors (Lipinski definition) is 2. The molecule has 4 unspecified atom stereocenters. The summed E-state index contributed by atoms with van der Waals surface area (Å²) in [6.07, 6.45) is 5.44. The highest BCUT2D eigenvalue weighted by molar-refractivity contribution is 4.88. The minimum Gasteiger partial charge on any atom is -0.314 e. The molecule has 0 aromatic heterocycles. The monoisotopic (exact) mass is 296 g/mol. The van der Waals surface area contributed by atoms with Gasteiger partial charge >= 0.3 is 0 Å². The third-order valence-corrected chi connectivity index (χ3v) is 5.80. The molecule has 4 atom stereocenters. The summed E-state index contributed by atoms with van der Waals surface area (Å²) in [5.74, 6) is 3.33.